The summed E-state index contributed by atoms with van der Waals surface area (Å²) < 4.78 is 21.8. The van der Waals surface area contributed by atoms with E-state index in [1.807, 2.05) is 13.8 Å². The lowest BCUT2D eigenvalue weighted by molar-refractivity contribution is 0.418. The summed E-state index contributed by atoms with van der Waals surface area (Å²) in [5, 5.41) is 0. The quantitative estimate of drug-likeness (QED) is 0.501. The van der Waals surface area contributed by atoms with Crippen molar-refractivity contribution in [3.8, 4) is 0 Å². The van der Waals surface area contributed by atoms with Crippen LogP contribution in [-0.4, -0.2) is 0 Å². The van der Waals surface area contributed by atoms with Gasteiger partial charge in [0.15, 0.2) is 0 Å². The van der Waals surface area contributed by atoms with Gasteiger partial charge in [0.05, 0.1) is 0 Å². The predicted molar refractivity (Wildman–Crippen MR) is 31.9 cm³/mol. The highest BCUT2D eigenvalue weighted by molar-refractivity contribution is 4.77. The van der Waals surface area contributed by atoms with E-state index in [1.165, 1.54) is 0 Å². The van der Waals surface area contributed by atoms with Crippen molar-refractivity contribution in [1.29, 1.82) is 0 Å². The van der Waals surface area contributed by atoms with Crippen LogP contribution in [0.2, 0.25) is 0 Å². The molecule has 0 aromatic rings. The van der Waals surface area contributed by atoms with E-state index in [4.69, 9.17) is 0 Å². The number of halogens is 2. The second-order valence-corrected chi connectivity index (χ2v) is 0.902. The fourth-order valence-corrected chi connectivity index (χ4v) is 0.154. The Morgan fingerprint density at radius 1 is 1.38 bits per heavy atom. The van der Waals surface area contributed by atoms with Gasteiger partial charge in [0, 0.05) is 0 Å². The van der Waals surface area contributed by atoms with Gasteiger partial charge in [0.25, 0.3) is 6.08 Å². The molecule has 0 aromatic carbocycles. The van der Waals surface area contributed by atoms with Gasteiger partial charge in [-0.25, -0.2) is 0 Å². The largest absolute Gasteiger partial charge is 0.266 e. The van der Waals surface area contributed by atoms with Gasteiger partial charge >= 0.3 is 0 Å². The smallest absolute Gasteiger partial charge is 0.174 e. The van der Waals surface area contributed by atoms with Gasteiger partial charge in [-0.1, -0.05) is 20.8 Å². The fraction of sp³-hybridized carbons (Fsp3) is 0.667. The third-order valence-electron chi connectivity index (χ3n) is 0.358. The van der Waals surface area contributed by atoms with E-state index in [0.29, 0.717) is 6.42 Å². The van der Waals surface area contributed by atoms with Gasteiger partial charge in [-0.2, -0.15) is 8.78 Å². The summed E-state index contributed by atoms with van der Waals surface area (Å²) >= 11 is 0. The molecule has 0 saturated carbocycles. The highest BCUT2D eigenvalue weighted by Crippen LogP contribution is 1.96. The maximum Gasteiger partial charge on any atom is 0.266 e. The van der Waals surface area contributed by atoms with Crippen molar-refractivity contribution < 1.29 is 8.78 Å². The third kappa shape index (κ3) is 17.5. The molecule has 8 heavy (non-hydrogen) atoms. The summed E-state index contributed by atoms with van der Waals surface area (Å²) in [6.07, 6.45) is -0.292. The summed E-state index contributed by atoms with van der Waals surface area (Å²) in [6, 6.07) is 0. The van der Waals surface area contributed by atoms with E-state index >= 15 is 0 Å². The van der Waals surface area contributed by atoms with Crippen molar-refractivity contribution in [2.75, 3.05) is 0 Å². The second-order valence-electron chi connectivity index (χ2n) is 0.902. The molecule has 0 saturated heterocycles. The van der Waals surface area contributed by atoms with Crippen LogP contribution >= 0.6 is 0 Å². The Balaban J connectivity index is 0. The SMILES string of the molecule is CC.CCC=C(F)F. The van der Waals surface area contributed by atoms with E-state index in [0.717, 1.165) is 6.08 Å². The first-order valence-electron chi connectivity index (χ1n) is 2.78. The molecule has 0 bridgehead atoms. The molecule has 0 atom stereocenters. The van der Waals surface area contributed by atoms with Gasteiger partial charge in [-0.05, 0) is 12.5 Å². The molecule has 0 aromatic heterocycles. The van der Waals surface area contributed by atoms with Crippen LogP contribution in [0.1, 0.15) is 27.2 Å². The molecule has 0 amide bonds. The van der Waals surface area contributed by atoms with Crippen LogP contribution < -0.4 is 0 Å². The van der Waals surface area contributed by atoms with Crippen LogP contribution in [0.25, 0.3) is 0 Å². The van der Waals surface area contributed by atoms with Gasteiger partial charge in [0.2, 0.25) is 0 Å². The molecule has 0 heterocycles. The minimum absolute atomic E-state index is 0.419. The number of allylic oxidation sites excluding steroid dienone is 1. The Bertz CT molecular complexity index is 53.5. The van der Waals surface area contributed by atoms with Gasteiger partial charge < -0.3 is 0 Å². The van der Waals surface area contributed by atoms with Crippen molar-refractivity contribution in [2.24, 2.45) is 0 Å². The molecule has 0 spiro atoms. The van der Waals surface area contributed by atoms with Crippen LogP contribution in [-0.2, 0) is 0 Å². The Kier molecular flexibility index (Phi) is 12.9. The molecular formula is C6H12F2. The number of rotatable bonds is 1. The Labute approximate surface area is 49.2 Å². The van der Waals surface area contributed by atoms with Crippen LogP contribution in [0.15, 0.2) is 12.2 Å². The van der Waals surface area contributed by atoms with Crippen molar-refractivity contribution in [1.82, 2.24) is 0 Å². The average Bonchev–Trinajstić information content (AvgIpc) is 1.72. The molecular weight excluding hydrogens is 110 g/mol. The topological polar surface area (TPSA) is 0 Å². The van der Waals surface area contributed by atoms with Crippen LogP contribution in [0.4, 0.5) is 8.78 Å². The van der Waals surface area contributed by atoms with E-state index < -0.39 is 6.08 Å². The first-order valence-corrected chi connectivity index (χ1v) is 2.78. The summed E-state index contributed by atoms with van der Waals surface area (Å²) in [7, 11) is 0. The highest BCUT2D eigenvalue weighted by Gasteiger charge is 1.78. The van der Waals surface area contributed by atoms with Gasteiger partial charge in [0.1, 0.15) is 0 Å². The Morgan fingerprint density at radius 2 is 1.75 bits per heavy atom. The monoisotopic (exact) mass is 122 g/mol. The van der Waals surface area contributed by atoms with E-state index in [2.05, 4.69) is 0 Å². The predicted octanol–water partition coefficient (Wildman–Crippen LogP) is 3.20. The normalized spacial score (nSPS) is 6.62. The molecule has 0 nitrogen and oxygen atoms in total. The highest BCUT2D eigenvalue weighted by atomic mass is 19.3. The van der Waals surface area contributed by atoms with E-state index in [1.54, 1.807) is 6.92 Å². The van der Waals surface area contributed by atoms with Crippen molar-refractivity contribution in [3.05, 3.63) is 12.2 Å². The zero-order valence-electron chi connectivity index (χ0n) is 5.54. The summed E-state index contributed by atoms with van der Waals surface area (Å²) in [4.78, 5) is 0. The Morgan fingerprint density at radius 3 is 1.75 bits per heavy atom. The summed E-state index contributed by atoms with van der Waals surface area (Å²) in [5.74, 6) is 0. The molecule has 2 heteroatoms. The maximum atomic E-state index is 10.9. The average molecular weight is 122 g/mol. The maximum absolute atomic E-state index is 10.9. The number of hydrogen-bond donors (Lipinski definition) is 0. The molecule has 0 radical (unpaired) electrons. The minimum Gasteiger partial charge on any atom is -0.174 e. The van der Waals surface area contributed by atoms with Crippen LogP contribution in [0.3, 0.4) is 0 Å². The summed E-state index contributed by atoms with van der Waals surface area (Å²) in [5.41, 5.74) is 0. The molecule has 0 aliphatic rings. The standard InChI is InChI=1S/C4H6F2.C2H6/c1-2-3-4(5)6;1-2/h3H,2H2,1H3;1-2H3. The molecule has 0 fully saturated rings. The third-order valence-corrected chi connectivity index (χ3v) is 0.358. The van der Waals surface area contributed by atoms with Gasteiger partial charge in [-0.3, -0.25) is 0 Å². The van der Waals surface area contributed by atoms with Crippen molar-refractivity contribution in [2.45, 2.75) is 27.2 Å². The molecule has 0 rings (SSSR count). The van der Waals surface area contributed by atoms with Crippen molar-refractivity contribution in [3.63, 3.8) is 0 Å². The minimum atomic E-state index is -1.59. The van der Waals surface area contributed by atoms with Gasteiger partial charge in [-0.15, -0.1) is 0 Å². The molecule has 0 N–H and O–H groups in total. The second kappa shape index (κ2) is 9.78. The van der Waals surface area contributed by atoms with E-state index in [9.17, 15) is 8.78 Å². The lowest BCUT2D eigenvalue weighted by atomic mass is 10.5. The van der Waals surface area contributed by atoms with Crippen LogP contribution in [0.5, 0.6) is 0 Å². The lowest BCUT2D eigenvalue weighted by Crippen LogP contribution is -1.53. The fourth-order valence-electron chi connectivity index (χ4n) is 0.154. The van der Waals surface area contributed by atoms with E-state index in [-0.39, 0.29) is 0 Å². The zero-order chi connectivity index (χ0) is 6.99. The lowest BCUT2D eigenvalue weighted by Gasteiger charge is -1.71. The first-order chi connectivity index (χ1) is 3.77. The first kappa shape index (κ1) is 10.6. The molecule has 0 aliphatic heterocycles. The summed E-state index contributed by atoms with van der Waals surface area (Å²) in [6.45, 7) is 5.67. The Hall–Kier alpha value is -0.400. The van der Waals surface area contributed by atoms with Crippen molar-refractivity contribution >= 4 is 0 Å². The van der Waals surface area contributed by atoms with Crippen LogP contribution in [0, 0.1) is 0 Å². The molecule has 0 unspecified atom stereocenters. The molecule has 0 aliphatic carbocycles. The number of hydrogen-bond acceptors (Lipinski definition) is 0. The molecule has 50 valence electrons. The zero-order valence-corrected chi connectivity index (χ0v) is 5.54.